The molecule has 2 heterocycles. The lowest BCUT2D eigenvalue weighted by atomic mass is 9.97. The molecule has 0 fully saturated rings. The summed E-state index contributed by atoms with van der Waals surface area (Å²) in [5.41, 5.74) is 5.62. The number of aromatic nitrogens is 3. The highest BCUT2D eigenvalue weighted by Gasteiger charge is 2.14. The smallest absolute Gasteiger partial charge is 0.123 e. The topological polar surface area (TPSA) is 53.6 Å². The number of imidazole rings is 1. The Morgan fingerprint density at radius 2 is 2.00 bits per heavy atom. The number of benzene rings is 2. The van der Waals surface area contributed by atoms with Gasteiger partial charge in [0.15, 0.2) is 0 Å². The molecule has 2 N–H and O–H groups in total. The molecule has 2 aromatic carbocycles. The summed E-state index contributed by atoms with van der Waals surface area (Å²) in [7, 11) is 1.98. The third-order valence-corrected chi connectivity index (χ3v) is 4.79. The van der Waals surface area contributed by atoms with Crippen molar-refractivity contribution in [2.45, 2.75) is 6.04 Å². The molecule has 23 heavy (non-hydrogen) atoms. The number of fused-ring (bicyclic) bond motifs is 1. The summed E-state index contributed by atoms with van der Waals surface area (Å²) in [6, 6.07) is 15.0. The van der Waals surface area contributed by atoms with Crippen LogP contribution >= 0.6 is 11.3 Å². The first-order chi connectivity index (χ1) is 11.3. The molecule has 0 saturated carbocycles. The van der Waals surface area contributed by atoms with Gasteiger partial charge in [-0.3, -0.25) is 0 Å². The van der Waals surface area contributed by atoms with E-state index in [9.17, 15) is 0 Å². The van der Waals surface area contributed by atoms with Crippen LogP contribution in [0.5, 0.6) is 0 Å². The van der Waals surface area contributed by atoms with Crippen molar-refractivity contribution in [3.8, 4) is 10.6 Å². The largest absolute Gasteiger partial charge is 0.345 e. The highest BCUT2D eigenvalue weighted by atomic mass is 32.1. The van der Waals surface area contributed by atoms with E-state index >= 15 is 0 Å². The van der Waals surface area contributed by atoms with Crippen molar-refractivity contribution >= 4 is 22.4 Å². The predicted molar refractivity (Wildman–Crippen MR) is 94.5 cm³/mol. The lowest BCUT2D eigenvalue weighted by Crippen LogP contribution is -2.17. The van der Waals surface area contributed by atoms with Gasteiger partial charge in [0.2, 0.25) is 0 Å². The molecule has 0 saturated heterocycles. The number of aromatic amines is 1. The van der Waals surface area contributed by atoms with Crippen LogP contribution in [0.4, 0.5) is 0 Å². The van der Waals surface area contributed by atoms with Gasteiger partial charge in [0, 0.05) is 17.1 Å². The predicted octanol–water partition coefficient (Wildman–Crippen LogP) is 4.00. The van der Waals surface area contributed by atoms with Crippen molar-refractivity contribution in [1.29, 1.82) is 0 Å². The van der Waals surface area contributed by atoms with E-state index in [1.54, 1.807) is 17.7 Å². The standard InChI is InChI=1S/C18H16N4S/c1-19-17(13-5-6-15-16(10-13)22-11-21-15)12-3-2-4-14(9-12)18-20-7-8-23-18/h2-11,17,19H,1H3,(H,21,22). The van der Waals surface area contributed by atoms with Gasteiger partial charge in [0.05, 0.1) is 23.4 Å². The Hall–Kier alpha value is -2.50. The second-order valence-electron chi connectivity index (χ2n) is 5.36. The zero-order valence-corrected chi connectivity index (χ0v) is 13.5. The molecule has 0 aliphatic heterocycles. The minimum absolute atomic E-state index is 0.127. The van der Waals surface area contributed by atoms with Crippen LogP contribution in [0.1, 0.15) is 17.2 Å². The summed E-state index contributed by atoms with van der Waals surface area (Å²) < 4.78 is 0. The molecular weight excluding hydrogens is 304 g/mol. The Morgan fingerprint density at radius 3 is 2.83 bits per heavy atom. The fourth-order valence-corrected chi connectivity index (χ4v) is 3.51. The molecule has 1 unspecified atom stereocenters. The first-order valence-corrected chi connectivity index (χ1v) is 8.33. The van der Waals surface area contributed by atoms with Crippen molar-refractivity contribution in [3.05, 3.63) is 71.5 Å². The molecule has 4 aromatic rings. The van der Waals surface area contributed by atoms with E-state index in [1.165, 1.54) is 11.1 Å². The Bertz CT molecular complexity index is 927. The monoisotopic (exact) mass is 320 g/mol. The fraction of sp³-hybridized carbons (Fsp3) is 0.111. The lowest BCUT2D eigenvalue weighted by molar-refractivity contribution is 0.693. The van der Waals surface area contributed by atoms with E-state index in [-0.39, 0.29) is 6.04 Å². The molecule has 114 valence electrons. The van der Waals surface area contributed by atoms with Crippen LogP contribution in [-0.2, 0) is 0 Å². The van der Waals surface area contributed by atoms with Crippen LogP contribution in [0, 0.1) is 0 Å². The van der Waals surface area contributed by atoms with Gasteiger partial charge in [-0.05, 0) is 36.4 Å². The molecule has 0 radical (unpaired) electrons. The Labute approximate surface area is 138 Å². The van der Waals surface area contributed by atoms with Crippen molar-refractivity contribution < 1.29 is 0 Å². The molecule has 5 heteroatoms. The average Bonchev–Trinajstić information content (AvgIpc) is 3.27. The van der Waals surface area contributed by atoms with Gasteiger partial charge >= 0.3 is 0 Å². The van der Waals surface area contributed by atoms with Crippen LogP contribution in [-0.4, -0.2) is 22.0 Å². The van der Waals surface area contributed by atoms with Crippen LogP contribution in [0.15, 0.2) is 60.4 Å². The van der Waals surface area contributed by atoms with E-state index < -0.39 is 0 Å². The number of rotatable bonds is 4. The maximum atomic E-state index is 4.40. The SMILES string of the molecule is CNC(c1cccc(-c2nccs2)c1)c1ccc2nc[nH]c2c1. The van der Waals surface area contributed by atoms with Gasteiger partial charge in [-0.1, -0.05) is 24.3 Å². The summed E-state index contributed by atoms with van der Waals surface area (Å²) >= 11 is 1.66. The van der Waals surface area contributed by atoms with Gasteiger partial charge in [-0.2, -0.15) is 0 Å². The first-order valence-electron chi connectivity index (χ1n) is 7.45. The molecule has 1 atom stereocenters. The van der Waals surface area contributed by atoms with E-state index in [0.29, 0.717) is 0 Å². The average molecular weight is 320 g/mol. The summed E-state index contributed by atoms with van der Waals surface area (Å²) in [5, 5.41) is 6.46. The summed E-state index contributed by atoms with van der Waals surface area (Å²) in [4.78, 5) is 11.9. The molecule has 0 spiro atoms. The highest BCUT2D eigenvalue weighted by Crippen LogP contribution is 2.28. The molecule has 2 aromatic heterocycles. The minimum atomic E-state index is 0.127. The van der Waals surface area contributed by atoms with E-state index in [1.807, 2.05) is 18.6 Å². The first kappa shape index (κ1) is 14.1. The zero-order chi connectivity index (χ0) is 15.6. The molecular formula is C18H16N4S. The minimum Gasteiger partial charge on any atom is -0.345 e. The van der Waals surface area contributed by atoms with Gasteiger partial charge in [-0.25, -0.2) is 9.97 Å². The summed E-state index contributed by atoms with van der Waals surface area (Å²) in [5.74, 6) is 0. The third kappa shape index (κ3) is 2.65. The highest BCUT2D eigenvalue weighted by molar-refractivity contribution is 7.13. The Balaban J connectivity index is 1.75. The quantitative estimate of drug-likeness (QED) is 0.598. The second-order valence-corrected chi connectivity index (χ2v) is 6.26. The molecule has 0 aliphatic rings. The van der Waals surface area contributed by atoms with Crippen molar-refractivity contribution in [3.63, 3.8) is 0 Å². The molecule has 0 bridgehead atoms. The van der Waals surface area contributed by atoms with Crippen LogP contribution in [0.25, 0.3) is 21.6 Å². The van der Waals surface area contributed by atoms with E-state index in [0.717, 1.165) is 21.6 Å². The number of H-pyrrole nitrogens is 1. The van der Waals surface area contributed by atoms with Gasteiger partial charge in [0.1, 0.15) is 5.01 Å². The zero-order valence-electron chi connectivity index (χ0n) is 12.7. The molecule has 4 nitrogen and oxygen atoms in total. The normalized spacial score (nSPS) is 12.6. The van der Waals surface area contributed by atoms with E-state index in [4.69, 9.17) is 0 Å². The van der Waals surface area contributed by atoms with Crippen LogP contribution < -0.4 is 5.32 Å². The van der Waals surface area contributed by atoms with E-state index in [2.05, 4.69) is 62.7 Å². The number of hydrogen-bond acceptors (Lipinski definition) is 4. The van der Waals surface area contributed by atoms with Crippen molar-refractivity contribution in [1.82, 2.24) is 20.3 Å². The lowest BCUT2D eigenvalue weighted by Gasteiger charge is -2.18. The Kier molecular flexibility index (Phi) is 3.65. The maximum Gasteiger partial charge on any atom is 0.123 e. The second kappa shape index (κ2) is 5.95. The molecule has 0 aliphatic carbocycles. The third-order valence-electron chi connectivity index (χ3n) is 3.97. The number of nitrogens with one attached hydrogen (secondary N) is 2. The molecule has 0 amide bonds. The van der Waals surface area contributed by atoms with Gasteiger partial charge in [-0.15, -0.1) is 11.3 Å². The summed E-state index contributed by atoms with van der Waals surface area (Å²) in [6.45, 7) is 0. The fourth-order valence-electron chi connectivity index (χ4n) is 2.88. The van der Waals surface area contributed by atoms with Crippen molar-refractivity contribution in [2.75, 3.05) is 7.05 Å². The van der Waals surface area contributed by atoms with Gasteiger partial charge in [0.25, 0.3) is 0 Å². The molecule has 4 rings (SSSR count). The Morgan fingerprint density at radius 1 is 1.09 bits per heavy atom. The number of nitrogens with zero attached hydrogens (tertiary/aromatic N) is 2. The summed E-state index contributed by atoms with van der Waals surface area (Å²) in [6.07, 6.45) is 3.57. The van der Waals surface area contributed by atoms with Gasteiger partial charge < -0.3 is 10.3 Å². The van der Waals surface area contributed by atoms with Crippen LogP contribution in [0.3, 0.4) is 0 Å². The van der Waals surface area contributed by atoms with Crippen molar-refractivity contribution in [2.24, 2.45) is 0 Å². The maximum absolute atomic E-state index is 4.40. The number of hydrogen-bond donors (Lipinski definition) is 2. The number of thiazole rings is 1. The van der Waals surface area contributed by atoms with Crippen LogP contribution in [0.2, 0.25) is 0 Å².